The van der Waals surface area contributed by atoms with Gasteiger partial charge in [0, 0.05) is 24.7 Å². The number of carbonyl (C=O) groups is 1. The summed E-state index contributed by atoms with van der Waals surface area (Å²) in [5.74, 6) is 1.03. The van der Waals surface area contributed by atoms with Gasteiger partial charge >= 0.3 is 0 Å². The second kappa shape index (κ2) is 5.49. The summed E-state index contributed by atoms with van der Waals surface area (Å²) in [5, 5.41) is 16.9. The first-order valence-electron chi connectivity index (χ1n) is 8.02. The molecule has 1 atom stereocenters. The Balaban J connectivity index is 1.54. The van der Waals surface area contributed by atoms with Crippen LogP contribution in [0.3, 0.4) is 0 Å². The molecule has 1 unspecified atom stereocenters. The number of hydrogen-bond donors (Lipinski definition) is 2. The van der Waals surface area contributed by atoms with Crippen LogP contribution in [-0.2, 0) is 7.05 Å². The average Bonchev–Trinajstić information content (AvgIpc) is 3.05. The van der Waals surface area contributed by atoms with E-state index in [1.54, 1.807) is 10.9 Å². The van der Waals surface area contributed by atoms with E-state index in [2.05, 4.69) is 15.4 Å². The van der Waals surface area contributed by atoms with Crippen molar-refractivity contribution >= 4 is 5.91 Å². The van der Waals surface area contributed by atoms with Crippen LogP contribution in [0.4, 0.5) is 0 Å². The zero-order valence-electron chi connectivity index (χ0n) is 13.0. The van der Waals surface area contributed by atoms with E-state index in [0.29, 0.717) is 30.2 Å². The van der Waals surface area contributed by atoms with Gasteiger partial charge in [-0.05, 0) is 31.6 Å². The molecule has 0 aliphatic heterocycles. The number of hydrogen-bond acceptors (Lipinski definition) is 5. The summed E-state index contributed by atoms with van der Waals surface area (Å²) < 4.78 is 7.11. The standard InChI is InChI=1S/C16H20N4O3/c1-20-7-11(6-18-20)13(10-4-12(21)5-10)19-16(22)14-15(9-2-3-9)23-8-17-14/h6-10,12-13,21H,2-5H2,1H3,(H,19,22). The number of rotatable bonds is 5. The minimum Gasteiger partial charge on any atom is -0.447 e. The Morgan fingerprint density at radius 3 is 2.87 bits per heavy atom. The molecule has 2 aliphatic carbocycles. The van der Waals surface area contributed by atoms with Crippen molar-refractivity contribution in [3.05, 3.63) is 35.8 Å². The first-order valence-corrected chi connectivity index (χ1v) is 8.02. The maximum Gasteiger partial charge on any atom is 0.274 e. The first-order chi connectivity index (χ1) is 11.1. The molecule has 0 bridgehead atoms. The fourth-order valence-corrected chi connectivity index (χ4v) is 3.25. The lowest BCUT2D eigenvalue weighted by molar-refractivity contribution is 0.0234. The lowest BCUT2D eigenvalue weighted by atomic mass is 9.75. The second-order valence-electron chi connectivity index (χ2n) is 6.62. The molecule has 2 aromatic heterocycles. The van der Waals surface area contributed by atoms with Crippen LogP contribution in [0.2, 0.25) is 0 Å². The van der Waals surface area contributed by atoms with Gasteiger partial charge in [0.1, 0.15) is 5.76 Å². The Kier molecular flexibility index (Phi) is 3.45. The average molecular weight is 316 g/mol. The normalized spacial score (nSPS) is 25.0. The van der Waals surface area contributed by atoms with Gasteiger partial charge in [-0.2, -0.15) is 5.10 Å². The molecule has 2 heterocycles. The number of nitrogens with one attached hydrogen (secondary N) is 1. The molecule has 2 fully saturated rings. The van der Waals surface area contributed by atoms with Gasteiger partial charge < -0.3 is 14.8 Å². The molecule has 7 nitrogen and oxygen atoms in total. The largest absolute Gasteiger partial charge is 0.447 e. The van der Waals surface area contributed by atoms with Crippen LogP contribution in [0.25, 0.3) is 0 Å². The molecule has 4 rings (SSSR count). The minimum absolute atomic E-state index is 0.164. The van der Waals surface area contributed by atoms with Crippen LogP contribution in [0.1, 0.15) is 59.5 Å². The van der Waals surface area contributed by atoms with E-state index < -0.39 is 0 Å². The molecule has 23 heavy (non-hydrogen) atoms. The predicted octanol–water partition coefficient (Wildman–Crippen LogP) is 1.53. The number of oxazole rings is 1. The van der Waals surface area contributed by atoms with Crippen molar-refractivity contribution in [2.75, 3.05) is 0 Å². The van der Waals surface area contributed by atoms with Crippen molar-refractivity contribution in [2.24, 2.45) is 13.0 Å². The summed E-state index contributed by atoms with van der Waals surface area (Å²) in [6.07, 6.45) is 8.22. The highest BCUT2D eigenvalue weighted by Crippen LogP contribution is 2.42. The molecule has 122 valence electrons. The second-order valence-corrected chi connectivity index (χ2v) is 6.62. The predicted molar refractivity (Wildman–Crippen MR) is 80.6 cm³/mol. The first kappa shape index (κ1) is 14.4. The minimum atomic E-state index is -0.273. The zero-order chi connectivity index (χ0) is 16.0. The molecular formula is C16H20N4O3. The summed E-state index contributed by atoms with van der Waals surface area (Å²) in [7, 11) is 1.85. The molecule has 2 aromatic rings. The van der Waals surface area contributed by atoms with Gasteiger partial charge in [0.25, 0.3) is 5.91 Å². The summed E-state index contributed by atoms with van der Waals surface area (Å²) in [4.78, 5) is 16.8. The Hall–Kier alpha value is -2.15. The smallest absolute Gasteiger partial charge is 0.274 e. The van der Waals surface area contributed by atoms with Gasteiger partial charge in [-0.25, -0.2) is 4.98 Å². The molecule has 2 saturated carbocycles. The Morgan fingerprint density at radius 1 is 1.48 bits per heavy atom. The van der Waals surface area contributed by atoms with Crippen molar-refractivity contribution in [2.45, 2.75) is 43.7 Å². The topological polar surface area (TPSA) is 93.2 Å². The molecule has 0 radical (unpaired) electrons. The quantitative estimate of drug-likeness (QED) is 0.872. The van der Waals surface area contributed by atoms with Crippen LogP contribution in [0.5, 0.6) is 0 Å². The highest BCUT2D eigenvalue weighted by atomic mass is 16.3. The Bertz CT molecular complexity index is 712. The third kappa shape index (κ3) is 2.76. The number of aromatic nitrogens is 3. The van der Waals surface area contributed by atoms with E-state index in [1.807, 2.05) is 13.2 Å². The summed E-state index contributed by atoms with van der Waals surface area (Å²) in [6, 6.07) is -0.164. The number of aryl methyl sites for hydroxylation is 1. The monoisotopic (exact) mass is 316 g/mol. The van der Waals surface area contributed by atoms with Gasteiger partial charge in [-0.3, -0.25) is 9.48 Å². The highest BCUT2D eigenvalue weighted by molar-refractivity contribution is 5.93. The van der Waals surface area contributed by atoms with E-state index in [-0.39, 0.29) is 24.0 Å². The van der Waals surface area contributed by atoms with Crippen LogP contribution in [0, 0.1) is 5.92 Å². The lowest BCUT2D eigenvalue weighted by Crippen LogP contribution is -2.41. The number of carbonyl (C=O) groups excluding carboxylic acids is 1. The molecule has 2 N–H and O–H groups in total. The van der Waals surface area contributed by atoms with Crippen LogP contribution in [-0.4, -0.2) is 31.9 Å². The summed E-state index contributed by atoms with van der Waals surface area (Å²) in [6.45, 7) is 0. The molecule has 0 spiro atoms. The Labute approximate surface area is 133 Å². The third-order valence-electron chi connectivity index (χ3n) is 4.75. The molecule has 1 amide bonds. The number of aliphatic hydroxyl groups is 1. The maximum atomic E-state index is 12.7. The van der Waals surface area contributed by atoms with Crippen molar-refractivity contribution in [3.8, 4) is 0 Å². The number of aliphatic hydroxyl groups excluding tert-OH is 1. The van der Waals surface area contributed by atoms with Gasteiger partial charge in [-0.1, -0.05) is 0 Å². The van der Waals surface area contributed by atoms with Crippen molar-refractivity contribution in [3.63, 3.8) is 0 Å². The SMILES string of the molecule is Cn1cc(C(NC(=O)c2ncoc2C2CC2)C2CC(O)C2)cn1. The fourth-order valence-electron chi connectivity index (χ4n) is 3.25. The van der Waals surface area contributed by atoms with Crippen LogP contribution >= 0.6 is 0 Å². The lowest BCUT2D eigenvalue weighted by Gasteiger charge is -2.37. The molecular weight excluding hydrogens is 296 g/mol. The summed E-state index contributed by atoms with van der Waals surface area (Å²) in [5.41, 5.74) is 1.34. The maximum absolute atomic E-state index is 12.7. The van der Waals surface area contributed by atoms with Crippen molar-refractivity contribution < 1.29 is 14.3 Å². The Morgan fingerprint density at radius 2 is 2.26 bits per heavy atom. The van der Waals surface area contributed by atoms with Crippen molar-refractivity contribution in [1.29, 1.82) is 0 Å². The van der Waals surface area contributed by atoms with Gasteiger partial charge in [-0.15, -0.1) is 0 Å². The molecule has 0 saturated heterocycles. The van der Waals surface area contributed by atoms with Crippen LogP contribution in [0.15, 0.2) is 23.2 Å². The van der Waals surface area contributed by atoms with E-state index in [4.69, 9.17) is 4.42 Å². The van der Waals surface area contributed by atoms with Crippen molar-refractivity contribution in [1.82, 2.24) is 20.1 Å². The van der Waals surface area contributed by atoms with E-state index in [9.17, 15) is 9.90 Å². The molecule has 0 aromatic carbocycles. The van der Waals surface area contributed by atoms with E-state index in [1.165, 1.54) is 6.39 Å². The summed E-state index contributed by atoms with van der Waals surface area (Å²) >= 11 is 0. The van der Waals surface area contributed by atoms with Gasteiger partial charge in [0.15, 0.2) is 12.1 Å². The van der Waals surface area contributed by atoms with Crippen LogP contribution < -0.4 is 5.32 Å². The van der Waals surface area contributed by atoms with Gasteiger partial charge in [0.05, 0.1) is 18.3 Å². The molecule has 7 heteroatoms. The van der Waals surface area contributed by atoms with E-state index in [0.717, 1.165) is 18.4 Å². The molecule has 2 aliphatic rings. The number of amides is 1. The zero-order valence-corrected chi connectivity index (χ0v) is 13.0. The number of nitrogens with zero attached hydrogens (tertiary/aromatic N) is 3. The third-order valence-corrected chi connectivity index (χ3v) is 4.75. The fraction of sp³-hybridized carbons (Fsp3) is 0.562. The van der Waals surface area contributed by atoms with Gasteiger partial charge in [0.2, 0.25) is 0 Å². The van der Waals surface area contributed by atoms with E-state index >= 15 is 0 Å². The highest BCUT2D eigenvalue weighted by Gasteiger charge is 2.38.